The lowest BCUT2D eigenvalue weighted by atomic mass is 9.78. The third-order valence-corrected chi connectivity index (χ3v) is 22.7. The van der Waals surface area contributed by atoms with Gasteiger partial charge in [0, 0.05) is 70.6 Å². The van der Waals surface area contributed by atoms with Crippen molar-refractivity contribution in [2.75, 3.05) is 27.9 Å². The van der Waals surface area contributed by atoms with Gasteiger partial charge >= 0.3 is 12.1 Å². The molecule has 3 fully saturated rings. The van der Waals surface area contributed by atoms with Crippen molar-refractivity contribution in [2.24, 2.45) is 35.5 Å². The first kappa shape index (κ1) is 69.5. The zero-order chi connectivity index (χ0) is 62.4. The fraction of sp³-hybridized carbons (Fsp3) is 0.688. The lowest BCUT2D eigenvalue weighted by molar-refractivity contribution is -0.384. The second kappa shape index (κ2) is 30.9. The molecule has 0 spiro atoms. The number of nitrogens with zero attached hydrogens (tertiary/aromatic N) is 2. The van der Waals surface area contributed by atoms with Gasteiger partial charge in [-0.25, -0.2) is 9.59 Å². The molecule has 1 aromatic carbocycles. The van der Waals surface area contributed by atoms with Gasteiger partial charge in [0.05, 0.1) is 29.3 Å². The predicted molar refractivity (Wildman–Crippen MR) is 319 cm³/mol. The molecule has 1 saturated carbocycles. The van der Waals surface area contributed by atoms with E-state index < -0.39 is 103 Å². The van der Waals surface area contributed by atoms with Gasteiger partial charge in [-0.3, -0.25) is 29.3 Å². The van der Waals surface area contributed by atoms with Gasteiger partial charge in [-0.1, -0.05) is 91.8 Å². The van der Waals surface area contributed by atoms with Crippen LogP contribution in [0.4, 0.5) is 10.5 Å². The number of non-ortho nitro benzene ring substituents is 1. The highest BCUT2D eigenvalue weighted by atomic mass is 28.4. The van der Waals surface area contributed by atoms with Crippen molar-refractivity contribution < 1.29 is 76.4 Å². The fourth-order valence-corrected chi connectivity index (χ4v) is 13.2. The molecular formula is C64H96N2O17Si. The molecule has 4 aliphatic rings. The zero-order valence-electron chi connectivity index (χ0n) is 52.4. The predicted octanol–water partition coefficient (Wildman–Crippen LogP) is 11.3. The number of piperidine rings is 1. The molecule has 19 nitrogen and oxygen atoms in total. The summed E-state index contributed by atoms with van der Waals surface area (Å²) in [6, 6.07) is 3.59. The van der Waals surface area contributed by atoms with Crippen molar-refractivity contribution in [3.63, 3.8) is 0 Å². The molecule has 20 heteroatoms. The number of fused-ring (bicyclic) bond motifs is 3. The molecule has 1 aliphatic carbocycles. The van der Waals surface area contributed by atoms with E-state index in [9.17, 15) is 44.0 Å². The molecule has 0 radical (unpaired) electrons. The molecule has 1 unspecified atom stereocenters. The second-order valence-electron chi connectivity index (χ2n) is 25.6. The van der Waals surface area contributed by atoms with Crippen LogP contribution in [-0.2, 0) is 56.8 Å². The molecule has 0 aromatic heterocycles. The molecule has 5 rings (SSSR count). The average molecular weight is 1190 g/mol. The van der Waals surface area contributed by atoms with Gasteiger partial charge in [-0.05, 0) is 137 Å². The number of methoxy groups -OCH3 is 3. The number of ether oxygens (including phenoxy) is 7. The SMILES string of the molecule is CO[C@H]1C[C@@H]2CC[C@@H](C)[C@@](O)(O2)C(=O)C(=O)N2CCCC[C@H]2C(=O)O[C@H]([C@H](C)C[C@@H]2CCC(O[Si](C)(C)C(C)(C)C)[C@H](OC)C2)CC(=O)[C@H](C)/C=C(\C)[C@@H](OC(=O)Oc2ccc([N+](=O)[O-])cc2)[C@@H](OC)C(=O)[C@H](C)C[C@H](C)/C=C/C=C/C=C/1C. The minimum atomic E-state index is -2.48. The first-order valence-electron chi connectivity index (χ1n) is 30.1. The first-order valence-corrected chi connectivity index (χ1v) is 33.0. The average Bonchev–Trinajstić information content (AvgIpc) is 2.56. The van der Waals surface area contributed by atoms with Crippen LogP contribution < -0.4 is 4.74 Å². The monoisotopic (exact) mass is 1190 g/mol. The van der Waals surface area contributed by atoms with E-state index in [1.165, 1.54) is 24.1 Å². The Morgan fingerprint density at radius 3 is 2.18 bits per heavy atom. The highest BCUT2D eigenvalue weighted by Crippen LogP contribution is 2.42. The van der Waals surface area contributed by atoms with Crippen LogP contribution in [0, 0.1) is 45.6 Å². The number of carbonyl (C=O) groups is 6. The molecule has 1 N–H and O–H groups in total. The number of ketones is 3. The van der Waals surface area contributed by atoms with E-state index in [0.717, 1.165) is 30.5 Å². The molecule has 1 amide bonds. The van der Waals surface area contributed by atoms with Crippen LogP contribution in [-0.4, -0.2) is 141 Å². The third kappa shape index (κ3) is 18.4. The van der Waals surface area contributed by atoms with Crippen LogP contribution in [0.5, 0.6) is 5.75 Å². The van der Waals surface area contributed by atoms with Crippen LogP contribution in [0.25, 0.3) is 0 Å². The highest BCUT2D eigenvalue weighted by molar-refractivity contribution is 6.74. The number of allylic oxidation sites excluding steroid dienone is 6. The molecule has 3 aliphatic heterocycles. The Morgan fingerprint density at radius 1 is 0.857 bits per heavy atom. The van der Waals surface area contributed by atoms with Crippen LogP contribution in [0.1, 0.15) is 146 Å². The van der Waals surface area contributed by atoms with Crippen molar-refractivity contribution >= 4 is 49.4 Å². The number of hydrogen-bond donors (Lipinski definition) is 1. The summed E-state index contributed by atoms with van der Waals surface area (Å²) in [5.74, 6) is -8.99. The summed E-state index contributed by atoms with van der Waals surface area (Å²) in [5, 5.41) is 23.4. The van der Waals surface area contributed by atoms with E-state index >= 15 is 0 Å². The van der Waals surface area contributed by atoms with Gasteiger partial charge < -0.3 is 47.6 Å². The molecule has 2 saturated heterocycles. The number of cyclic esters (lactones) is 1. The van der Waals surface area contributed by atoms with Gasteiger partial charge in [0.25, 0.3) is 17.4 Å². The van der Waals surface area contributed by atoms with Crippen molar-refractivity contribution in [3.05, 3.63) is 82.0 Å². The number of amides is 1. The largest absolute Gasteiger partial charge is 0.514 e. The van der Waals surface area contributed by atoms with Crippen LogP contribution in [0.3, 0.4) is 0 Å². The van der Waals surface area contributed by atoms with Gasteiger partial charge in [0.15, 0.2) is 26.3 Å². The molecule has 468 valence electrons. The second-order valence-corrected chi connectivity index (χ2v) is 30.4. The summed E-state index contributed by atoms with van der Waals surface area (Å²) in [7, 11) is 2.42. The van der Waals surface area contributed by atoms with Crippen molar-refractivity contribution in [1.82, 2.24) is 4.90 Å². The number of esters is 1. The van der Waals surface area contributed by atoms with Gasteiger partial charge in [-0.2, -0.15) is 0 Å². The molecular weight excluding hydrogens is 1100 g/mol. The van der Waals surface area contributed by atoms with E-state index in [4.69, 9.17) is 37.6 Å². The van der Waals surface area contributed by atoms with Gasteiger partial charge in [0.2, 0.25) is 5.79 Å². The highest BCUT2D eigenvalue weighted by Gasteiger charge is 2.53. The molecule has 1 aromatic rings. The number of nitro benzene ring substituents is 1. The van der Waals surface area contributed by atoms with Gasteiger partial charge in [-0.15, -0.1) is 0 Å². The van der Waals surface area contributed by atoms with Crippen LogP contribution in [0.2, 0.25) is 18.1 Å². The summed E-state index contributed by atoms with van der Waals surface area (Å²) in [6.07, 6.45) is 9.75. The summed E-state index contributed by atoms with van der Waals surface area (Å²) < 4.78 is 48.7. The maximum Gasteiger partial charge on any atom is 0.514 e. The van der Waals surface area contributed by atoms with E-state index in [1.807, 2.05) is 51.2 Å². The van der Waals surface area contributed by atoms with Crippen LogP contribution >= 0.6 is 0 Å². The standard InChI is InChI=1S/C64H96N2O17Si/c1-39-21-17-16-18-22-40(2)53(76-11)37-49-28-24-45(7)64(73,82-49)59(69)60(70)65-32-20-19-23-50(65)61(71)80-54(42(4)35-46-25-31-52(55(36-46)77-12)83-84(14,15)63(8,9)10)38-51(67)41(3)34-44(6)57(58(78-13)56(68)43(5)33-39)81-62(72)79-48-29-26-47(27-30-48)66(74)75/h16-18,21-22,26-27,29-30,34,39,41-43,45-46,49-50,52-55,57-58,73H,19-20,23-25,28,31-33,35-38H2,1-15H3/b18-16+,21-17+,40-22+,44-34+/t39-,41-,42-,43-,45-,46+,49+,50+,52?,53+,54+,55-,57-,58+,64-/m1/s1. The maximum atomic E-state index is 14.8. The van der Waals surface area contributed by atoms with Crippen LogP contribution in [0.15, 0.2) is 71.9 Å². The summed E-state index contributed by atoms with van der Waals surface area (Å²) in [4.78, 5) is 98.7. The normalized spacial score (nSPS) is 34.2. The number of rotatable bonds is 11. The lowest BCUT2D eigenvalue weighted by Crippen LogP contribution is -2.61. The van der Waals surface area contributed by atoms with E-state index in [1.54, 1.807) is 48.0 Å². The Bertz CT molecular complexity index is 2570. The number of aliphatic hydroxyl groups is 1. The fourth-order valence-electron chi connectivity index (χ4n) is 11.8. The smallest absolute Gasteiger partial charge is 0.460 e. The lowest BCUT2D eigenvalue weighted by Gasteiger charge is -2.44. The van der Waals surface area contributed by atoms with Gasteiger partial charge in [0.1, 0.15) is 23.7 Å². The molecule has 3 heterocycles. The number of hydrogen-bond acceptors (Lipinski definition) is 17. The molecule has 84 heavy (non-hydrogen) atoms. The number of nitro groups is 1. The minimum Gasteiger partial charge on any atom is -0.460 e. The molecule has 15 atom stereocenters. The van der Waals surface area contributed by atoms with E-state index in [0.29, 0.717) is 44.9 Å². The quantitative estimate of drug-likeness (QED) is 0.0412. The maximum absolute atomic E-state index is 14.8. The number of Topliss-reactive ketones (excluding diaryl/α,β-unsaturated/α-hetero) is 3. The van der Waals surface area contributed by atoms with E-state index in [2.05, 4.69) is 33.9 Å². The van der Waals surface area contributed by atoms with Crippen molar-refractivity contribution in [3.8, 4) is 5.75 Å². The van der Waals surface area contributed by atoms with Crippen molar-refractivity contribution in [1.29, 1.82) is 0 Å². The Kier molecular flexibility index (Phi) is 25.6. The number of carbonyl (C=O) groups excluding carboxylic acids is 6. The summed E-state index contributed by atoms with van der Waals surface area (Å²) in [6.45, 7) is 23.5. The molecule has 2 bridgehead atoms. The minimum absolute atomic E-state index is 0.00976. The summed E-state index contributed by atoms with van der Waals surface area (Å²) in [5.41, 5.74) is 0.889. The topological polar surface area (TPSA) is 243 Å². The number of benzene rings is 1. The van der Waals surface area contributed by atoms with Crippen molar-refractivity contribution in [2.45, 2.75) is 219 Å². The van der Waals surface area contributed by atoms with E-state index in [-0.39, 0.29) is 83.5 Å². The Morgan fingerprint density at radius 2 is 1.55 bits per heavy atom. The zero-order valence-corrected chi connectivity index (χ0v) is 53.4. The first-order chi connectivity index (χ1) is 39.4. The Balaban J connectivity index is 1.54. The Hall–Kier alpha value is -5.22. The summed E-state index contributed by atoms with van der Waals surface area (Å²) >= 11 is 0. The third-order valence-electron chi connectivity index (χ3n) is 18.1. The Labute approximate surface area is 498 Å².